The van der Waals surface area contributed by atoms with Crippen molar-refractivity contribution in [3.05, 3.63) is 53.9 Å². The number of benzene rings is 2. The van der Waals surface area contributed by atoms with Gasteiger partial charge in [-0.3, -0.25) is 5.43 Å². The van der Waals surface area contributed by atoms with E-state index < -0.39 is 5.97 Å². The van der Waals surface area contributed by atoms with E-state index in [2.05, 4.69) is 20.5 Å². The van der Waals surface area contributed by atoms with Gasteiger partial charge in [-0.25, -0.2) is 14.8 Å². The number of fused-ring (bicyclic) bond motifs is 1. The van der Waals surface area contributed by atoms with Crippen LogP contribution >= 0.6 is 0 Å². The summed E-state index contributed by atoms with van der Waals surface area (Å²) in [6, 6.07) is 10.7. The number of methoxy groups -OCH3 is 2. The number of rotatable bonds is 6. The number of hydrogen-bond acceptors (Lipinski definition) is 7. The number of carboxylic acids is 1. The van der Waals surface area contributed by atoms with Crippen LogP contribution in [0.3, 0.4) is 0 Å². The van der Waals surface area contributed by atoms with Crippen LogP contribution in [0.25, 0.3) is 10.9 Å². The van der Waals surface area contributed by atoms with Gasteiger partial charge in [-0.15, -0.1) is 0 Å². The van der Waals surface area contributed by atoms with Crippen LogP contribution in [-0.4, -0.2) is 41.5 Å². The van der Waals surface area contributed by atoms with Gasteiger partial charge in [-0.05, 0) is 24.3 Å². The normalized spacial score (nSPS) is 10.8. The van der Waals surface area contributed by atoms with Crippen molar-refractivity contribution in [2.24, 2.45) is 5.10 Å². The SMILES string of the molecule is COc1ccc(/C=N/Nc2ncnc3ccccc23)c(C(=O)O)c1OC. The number of anilines is 1. The van der Waals surface area contributed by atoms with Crippen molar-refractivity contribution in [3.63, 3.8) is 0 Å². The molecule has 0 radical (unpaired) electrons. The molecule has 0 amide bonds. The van der Waals surface area contributed by atoms with E-state index in [1.807, 2.05) is 24.3 Å². The highest BCUT2D eigenvalue weighted by Gasteiger charge is 2.20. The lowest BCUT2D eigenvalue weighted by Crippen LogP contribution is -2.07. The molecular formula is C18H16N4O4. The maximum Gasteiger partial charge on any atom is 0.340 e. The van der Waals surface area contributed by atoms with E-state index in [0.717, 1.165) is 10.9 Å². The molecule has 0 saturated heterocycles. The van der Waals surface area contributed by atoms with Gasteiger partial charge < -0.3 is 14.6 Å². The second-order valence-corrected chi connectivity index (χ2v) is 5.18. The maximum atomic E-state index is 11.6. The first-order chi connectivity index (χ1) is 12.7. The number of hydrogen-bond donors (Lipinski definition) is 2. The van der Waals surface area contributed by atoms with Crippen molar-refractivity contribution < 1.29 is 19.4 Å². The van der Waals surface area contributed by atoms with Gasteiger partial charge in [0.05, 0.1) is 26.0 Å². The zero-order valence-corrected chi connectivity index (χ0v) is 14.1. The van der Waals surface area contributed by atoms with E-state index in [1.165, 1.54) is 26.8 Å². The minimum absolute atomic E-state index is 0.0371. The second kappa shape index (κ2) is 7.47. The van der Waals surface area contributed by atoms with Gasteiger partial charge in [0.25, 0.3) is 0 Å². The van der Waals surface area contributed by atoms with E-state index in [1.54, 1.807) is 12.1 Å². The van der Waals surface area contributed by atoms with Crippen LogP contribution in [0.5, 0.6) is 11.5 Å². The molecule has 8 nitrogen and oxygen atoms in total. The molecule has 0 aliphatic carbocycles. The minimum atomic E-state index is -1.14. The summed E-state index contributed by atoms with van der Waals surface area (Å²) in [6.45, 7) is 0. The standard InChI is InChI=1S/C18H16N4O4/c1-25-14-8-7-11(15(18(23)24)16(14)26-2)9-21-22-17-12-5-3-4-6-13(12)19-10-20-17/h3-10H,1-2H3,(H,23,24)(H,19,20,22)/b21-9+. The molecule has 2 aromatic carbocycles. The Morgan fingerprint density at radius 2 is 1.96 bits per heavy atom. The highest BCUT2D eigenvalue weighted by Crippen LogP contribution is 2.33. The molecule has 3 rings (SSSR count). The molecule has 0 atom stereocenters. The molecule has 0 bridgehead atoms. The number of hydrazone groups is 1. The second-order valence-electron chi connectivity index (χ2n) is 5.18. The van der Waals surface area contributed by atoms with Gasteiger partial charge in [-0.2, -0.15) is 5.10 Å². The number of aromatic nitrogens is 2. The molecule has 132 valence electrons. The summed E-state index contributed by atoms with van der Waals surface area (Å²) in [4.78, 5) is 20.0. The molecule has 0 aliphatic rings. The first-order valence-electron chi connectivity index (χ1n) is 7.62. The zero-order chi connectivity index (χ0) is 18.5. The molecule has 0 saturated carbocycles. The molecule has 1 aromatic heterocycles. The van der Waals surface area contributed by atoms with Crippen LogP contribution in [-0.2, 0) is 0 Å². The summed E-state index contributed by atoms with van der Waals surface area (Å²) in [5.74, 6) is -0.160. The van der Waals surface area contributed by atoms with Gasteiger partial charge in [0.15, 0.2) is 17.3 Å². The third kappa shape index (κ3) is 3.25. The zero-order valence-electron chi connectivity index (χ0n) is 14.1. The van der Waals surface area contributed by atoms with Crippen molar-refractivity contribution in [2.75, 3.05) is 19.6 Å². The Bertz CT molecular complexity index is 983. The summed E-state index contributed by atoms with van der Waals surface area (Å²) < 4.78 is 10.3. The van der Waals surface area contributed by atoms with Crippen molar-refractivity contribution in [1.29, 1.82) is 0 Å². The number of carbonyl (C=O) groups is 1. The third-order valence-corrected chi connectivity index (χ3v) is 3.71. The Morgan fingerprint density at radius 1 is 1.15 bits per heavy atom. The lowest BCUT2D eigenvalue weighted by molar-refractivity contribution is 0.0692. The molecule has 0 aliphatic heterocycles. The molecule has 26 heavy (non-hydrogen) atoms. The van der Waals surface area contributed by atoms with E-state index in [0.29, 0.717) is 17.1 Å². The number of carboxylic acid groups (broad SMARTS) is 1. The average molecular weight is 352 g/mol. The molecule has 0 fully saturated rings. The molecule has 1 heterocycles. The van der Waals surface area contributed by atoms with Crippen LogP contribution in [0, 0.1) is 0 Å². The predicted octanol–water partition coefficient (Wildman–Crippen LogP) is 2.79. The van der Waals surface area contributed by atoms with Crippen molar-refractivity contribution >= 4 is 28.9 Å². The summed E-state index contributed by atoms with van der Waals surface area (Å²) in [7, 11) is 2.83. The van der Waals surface area contributed by atoms with Gasteiger partial charge in [0, 0.05) is 10.9 Å². The molecule has 0 unspecified atom stereocenters. The van der Waals surface area contributed by atoms with Gasteiger partial charge in [0.1, 0.15) is 11.9 Å². The highest BCUT2D eigenvalue weighted by atomic mass is 16.5. The molecule has 0 spiro atoms. The molecular weight excluding hydrogens is 336 g/mol. The summed E-state index contributed by atoms with van der Waals surface area (Å²) in [5, 5.41) is 14.4. The largest absolute Gasteiger partial charge is 0.493 e. The Balaban J connectivity index is 1.94. The van der Waals surface area contributed by atoms with E-state index in [9.17, 15) is 9.90 Å². The Labute approximate surface area is 149 Å². The monoisotopic (exact) mass is 352 g/mol. The lowest BCUT2D eigenvalue weighted by Gasteiger charge is -2.12. The van der Waals surface area contributed by atoms with Crippen molar-refractivity contribution in [1.82, 2.24) is 9.97 Å². The first kappa shape index (κ1) is 17.2. The summed E-state index contributed by atoms with van der Waals surface area (Å²) in [5.41, 5.74) is 3.92. The topological polar surface area (TPSA) is 106 Å². The van der Waals surface area contributed by atoms with Crippen LogP contribution in [0.4, 0.5) is 5.82 Å². The van der Waals surface area contributed by atoms with E-state index in [-0.39, 0.29) is 11.3 Å². The number of nitrogens with one attached hydrogen (secondary N) is 1. The van der Waals surface area contributed by atoms with Gasteiger partial charge in [-0.1, -0.05) is 12.1 Å². The third-order valence-electron chi connectivity index (χ3n) is 3.71. The lowest BCUT2D eigenvalue weighted by atomic mass is 10.1. The quantitative estimate of drug-likeness (QED) is 0.519. The van der Waals surface area contributed by atoms with E-state index >= 15 is 0 Å². The fourth-order valence-electron chi connectivity index (χ4n) is 2.53. The van der Waals surface area contributed by atoms with Crippen molar-refractivity contribution in [3.8, 4) is 11.5 Å². The van der Waals surface area contributed by atoms with Crippen LogP contribution in [0.2, 0.25) is 0 Å². The number of aromatic carboxylic acids is 1. The molecule has 3 aromatic rings. The van der Waals surface area contributed by atoms with Crippen molar-refractivity contribution in [2.45, 2.75) is 0 Å². The van der Waals surface area contributed by atoms with Gasteiger partial charge >= 0.3 is 5.97 Å². The predicted molar refractivity (Wildman–Crippen MR) is 97.3 cm³/mol. The van der Waals surface area contributed by atoms with Crippen LogP contribution in [0.1, 0.15) is 15.9 Å². The smallest absolute Gasteiger partial charge is 0.340 e. The first-order valence-corrected chi connectivity index (χ1v) is 7.62. The van der Waals surface area contributed by atoms with Gasteiger partial charge in [0.2, 0.25) is 0 Å². The number of nitrogens with zero attached hydrogens (tertiary/aromatic N) is 3. The highest BCUT2D eigenvalue weighted by molar-refractivity contribution is 6.02. The Hall–Kier alpha value is -3.68. The fraction of sp³-hybridized carbons (Fsp3) is 0.111. The van der Waals surface area contributed by atoms with Crippen LogP contribution < -0.4 is 14.9 Å². The minimum Gasteiger partial charge on any atom is -0.493 e. The Morgan fingerprint density at radius 3 is 2.69 bits per heavy atom. The number of ether oxygens (including phenoxy) is 2. The number of para-hydroxylation sites is 1. The van der Waals surface area contributed by atoms with E-state index in [4.69, 9.17) is 9.47 Å². The van der Waals surface area contributed by atoms with Crippen LogP contribution in [0.15, 0.2) is 47.8 Å². The summed E-state index contributed by atoms with van der Waals surface area (Å²) >= 11 is 0. The Kier molecular flexibility index (Phi) is 4.93. The summed E-state index contributed by atoms with van der Waals surface area (Å²) in [6.07, 6.45) is 2.82. The maximum absolute atomic E-state index is 11.6. The fourth-order valence-corrected chi connectivity index (χ4v) is 2.53. The average Bonchev–Trinajstić information content (AvgIpc) is 2.67. The molecule has 8 heteroatoms. The molecule has 2 N–H and O–H groups in total.